The molecule has 1 N–H and O–H groups in total. The smallest absolute Gasteiger partial charge is 0.241 e. The van der Waals surface area contributed by atoms with Gasteiger partial charge in [0.2, 0.25) is 17.6 Å². The number of likely N-dealkylation sites (tertiary alicyclic amines) is 1. The van der Waals surface area contributed by atoms with Gasteiger partial charge in [-0.15, -0.1) is 0 Å². The predicted molar refractivity (Wildman–Crippen MR) is 134 cm³/mol. The number of anilines is 1. The SMILES string of the molecule is Cc1ccc(-c2noc(CN3CCCC(C(=O)NCc4ccc(N5CCOCC5)cc4)C3)n2)cc1. The van der Waals surface area contributed by atoms with E-state index in [1.54, 1.807) is 0 Å². The minimum atomic E-state index is -0.0316. The van der Waals surface area contributed by atoms with Crippen molar-refractivity contribution in [2.75, 3.05) is 44.3 Å². The summed E-state index contributed by atoms with van der Waals surface area (Å²) in [7, 11) is 0. The molecule has 2 saturated heterocycles. The first-order chi connectivity index (χ1) is 17.1. The van der Waals surface area contributed by atoms with Crippen molar-refractivity contribution in [3.8, 4) is 11.4 Å². The Labute approximate surface area is 206 Å². The van der Waals surface area contributed by atoms with Gasteiger partial charge in [0, 0.05) is 37.4 Å². The second-order valence-corrected chi connectivity index (χ2v) is 9.44. The molecule has 1 aromatic heterocycles. The fourth-order valence-electron chi connectivity index (χ4n) is 4.72. The topological polar surface area (TPSA) is 83.7 Å². The number of carbonyl (C=O) groups is 1. The predicted octanol–water partition coefficient (Wildman–Crippen LogP) is 3.41. The standard InChI is InChI=1S/C27H33N5O3/c1-20-4-8-22(9-5-20)26-29-25(35-30-26)19-31-12-2-3-23(18-31)27(33)28-17-21-6-10-24(11-7-21)32-13-15-34-16-14-32/h4-11,23H,2-3,12-19H2,1H3,(H,28,33). The zero-order valence-corrected chi connectivity index (χ0v) is 20.3. The summed E-state index contributed by atoms with van der Waals surface area (Å²) in [4.78, 5) is 22.0. The van der Waals surface area contributed by atoms with Crippen LogP contribution in [0, 0.1) is 12.8 Å². The maximum Gasteiger partial charge on any atom is 0.241 e. The Kier molecular flexibility index (Phi) is 7.39. The molecule has 0 spiro atoms. The number of ether oxygens (including phenoxy) is 1. The molecule has 3 heterocycles. The van der Waals surface area contributed by atoms with E-state index < -0.39 is 0 Å². The molecule has 184 valence electrons. The maximum absolute atomic E-state index is 12.9. The number of hydrogen-bond acceptors (Lipinski definition) is 7. The number of rotatable bonds is 7. The Hall–Kier alpha value is -3.23. The number of piperidine rings is 1. The third-order valence-corrected chi connectivity index (χ3v) is 6.79. The van der Waals surface area contributed by atoms with Crippen LogP contribution in [0.2, 0.25) is 0 Å². The molecule has 0 saturated carbocycles. The summed E-state index contributed by atoms with van der Waals surface area (Å²) >= 11 is 0. The minimum Gasteiger partial charge on any atom is -0.378 e. The zero-order valence-electron chi connectivity index (χ0n) is 20.3. The van der Waals surface area contributed by atoms with Crippen LogP contribution in [-0.2, 0) is 22.6 Å². The van der Waals surface area contributed by atoms with Crippen LogP contribution in [0.15, 0.2) is 53.1 Å². The van der Waals surface area contributed by atoms with Crippen molar-refractivity contribution in [2.24, 2.45) is 5.92 Å². The first-order valence-electron chi connectivity index (χ1n) is 12.5. The van der Waals surface area contributed by atoms with Gasteiger partial charge in [0.15, 0.2) is 0 Å². The third-order valence-electron chi connectivity index (χ3n) is 6.79. The summed E-state index contributed by atoms with van der Waals surface area (Å²) in [6, 6.07) is 16.5. The minimum absolute atomic E-state index is 0.0316. The number of aryl methyl sites for hydroxylation is 1. The number of nitrogens with one attached hydrogen (secondary N) is 1. The Bertz CT molecular complexity index is 1110. The highest BCUT2D eigenvalue weighted by atomic mass is 16.5. The second-order valence-electron chi connectivity index (χ2n) is 9.44. The number of carbonyl (C=O) groups excluding carboxylic acids is 1. The Morgan fingerprint density at radius 1 is 1.06 bits per heavy atom. The Morgan fingerprint density at radius 3 is 2.60 bits per heavy atom. The molecular weight excluding hydrogens is 442 g/mol. The Morgan fingerprint density at radius 2 is 1.83 bits per heavy atom. The lowest BCUT2D eigenvalue weighted by atomic mass is 9.97. The largest absolute Gasteiger partial charge is 0.378 e. The van der Waals surface area contributed by atoms with E-state index >= 15 is 0 Å². The number of aromatic nitrogens is 2. The van der Waals surface area contributed by atoms with Gasteiger partial charge in [0.1, 0.15) is 0 Å². The van der Waals surface area contributed by atoms with Crippen molar-refractivity contribution in [2.45, 2.75) is 32.9 Å². The first-order valence-corrected chi connectivity index (χ1v) is 12.5. The van der Waals surface area contributed by atoms with E-state index in [9.17, 15) is 4.79 Å². The van der Waals surface area contributed by atoms with Crippen molar-refractivity contribution >= 4 is 11.6 Å². The van der Waals surface area contributed by atoms with Crippen molar-refractivity contribution < 1.29 is 14.1 Å². The molecule has 0 bridgehead atoms. The van der Waals surface area contributed by atoms with Crippen molar-refractivity contribution in [1.29, 1.82) is 0 Å². The fraction of sp³-hybridized carbons (Fsp3) is 0.444. The lowest BCUT2D eigenvalue weighted by molar-refractivity contribution is -0.127. The molecule has 1 atom stereocenters. The van der Waals surface area contributed by atoms with E-state index in [0.29, 0.717) is 31.3 Å². The van der Waals surface area contributed by atoms with Crippen molar-refractivity contribution in [3.05, 3.63) is 65.5 Å². The molecule has 2 aliphatic rings. The molecule has 1 amide bonds. The summed E-state index contributed by atoms with van der Waals surface area (Å²) in [5.74, 6) is 1.27. The molecule has 8 nitrogen and oxygen atoms in total. The number of benzene rings is 2. The van der Waals surface area contributed by atoms with Gasteiger partial charge >= 0.3 is 0 Å². The van der Waals surface area contributed by atoms with Gasteiger partial charge in [0.05, 0.1) is 25.7 Å². The van der Waals surface area contributed by atoms with Gasteiger partial charge < -0.3 is 19.5 Å². The number of hydrogen-bond donors (Lipinski definition) is 1. The van der Waals surface area contributed by atoms with Crippen molar-refractivity contribution in [3.63, 3.8) is 0 Å². The van der Waals surface area contributed by atoms with Gasteiger partial charge in [-0.3, -0.25) is 9.69 Å². The number of nitrogens with zero attached hydrogens (tertiary/aromatic N) is 4. The van der Waals surface area contributed by atoms with E-state index in [0.717, 1.165) is 56.8 Å². The molecule has 2 fully saturated rings. The van der Waals surface area contributed by atoms with Crippen LogP contribution < -0.4 is 10.2 Å². The number of amides is 1. The van der Waals surface area contributed by atoms with Gasteiger partial charge in [0.25, 0.3) is 0 Å². The third kappa shape index (κ3) is 6.07. The van der Waals surface area contributed by atoms with Crippen LogP contribution in [0.3, 0.4) is 0 Å². The molecule has 2 aromatic carbocycles. The molecule has 3 aromatic rings. The summed E-state index contributed by atoms with van der Waals surface area (Å²) in [6.45, 7) is 8.17. The normalized spacial score (nSPS) is 19.0. The van der Waals surface area contributed by atoms with Crippen molar-refractivity contribution in [1.82, 2.24) is 20.4 Å². The first kappa shape index (κ1) is 23.5. The van der Waals surface area contributed by atoms with Crippen LogP contribution in [0.1, 0.15) is 29.9 Å². The lowest BCUT2D eigenvalue weighted by Crippen LogP contribution is -2.42. The summed E-state index contributed by atoms with van der Waals surface area (Å²) in [5, 5.41) is 7.27. The van der Waals surface area contributed by atoms with E-state index in [-0.39, 0.29) is 11.8 Å². The van der Waals surface area contributed by atoms with Crippen LogP contribution in [0.25, 0.3) is 11.4 Å². The molecule has 8 heteroatoms. The lowest BCUT2D eigenvalue weighted by Gasteiger charge is -2.31. The van der Waals surface area contributed by atoms with Crippen LogP contribution in [0.4, 0.5) is 5.69 Å². The van der Waals surface area contributed by atoms with Gasteiger partial charge in [-0.1, -0.05) is 47.1 Å². The summed E-state index contributed by atoms with van der Waals surface area (Å²) in [6.07, 6.45) is 1.88. The maximum atomic E-state index is 12.9. The van der Waals surface area contributed by atoms with E-state index in [4.69, 9.17) is 9.26 Å². The highest BCUT2D eigenvalue weighted by Crippen LogP contribution is 2.21. The zero-order chi connectivity index (χ0) is 24.0. The van der Waals surface area contributed by atoms with Gasteiger partial charge in [-0.05, 0) is 44.0 Å². The summed E-state index contributed by atoms with van der Waals surface area (Å²) in [5.41, 5.74) is 4.45. The molecule has 0 aliphatic carbocycles. The average Bonchev–Trinajstić information content (AvgIpc) is 3.37. The van der Waals surface area contributed by atoms with E-state index in [1.807, 2.05) is 24.3 Å². The van der Waals surface area contributed by atoms with E-state index in [1.165, 1.54) is 11.3 Å². The molecule has 0 radical (unpaired) electrons. The molecular formula is C27H33N5O3. The molecule has 5 rings (SSSR count). The Balaban J connectivity index is 1.11. The quantitative estimate of drug-likeness (QED) is 0.561. The van der Waals surface area contributed by atoms with Crippen LogP contribution in [-0.4, -0.2) is 60.3 Å². The molecule has 2 aliphatic heterocycles. The monoisotopic (exact) mass is 475 g/mol. The highest BCUT2D eigenvalue weighted by Gasteiger charge is 2.27. The van der Waals surface area contributed by atoms with Crippen LogP contribution >= 0.6 is 0 Å². The summed E-state index contributed by atoms with van der Waals surface area (Å²) < 4.78 is 10.9. The average molecular weight is 476 g/mol. The van der Waals surface area contributed by atoms with E-state index in [2.05, 4.69) is 56.4 Å². The molecule has 35 heavy (non-hydrogen) atoms. The highest BCUT2D eigenvalue weighted by molar-refractivity contribution is 5.79. The number of morpholine rings is 1. The second kappa shape index (κ2) is 11.0. The fourth-order valence-corrected chi connectivity index (χ4v) is 4.72. The van der Waals surface area contributed by atoms with Crippen LogP contribution in [0.5, 0.6) is 0 Å². The van der Waals surface area contributed by atoms with Gasteiger partial charge in [-0.2, -0.15) is 4.98 Å². The molecule has 1 unspecified atom stereocenters. The van der Waals surface area contributed by atoms with Gasteiger partial charge in [-0.25, -0.2) is 0 Å².